The number of hydrogen-bond donors (Lipinski definition) is 1. The smallest absolute Gasteiger partial charge is 0.330 e. The molecule has 2 rings (SSSR count). The maximum atomic E-state index is 12.1. The van der Waals surface area contributed by atoms with Gasteiger partial charge in [0.1, 0.15) is 5.54 Å². The number of halogens is 1. The van der Waals surface area contributed by atoms with Gasteiger partial charge in [-0.2, -0.15) is 5.10 Å². The van der Waals surface area contributed by atoms with Crippen LogP contribution in [0.25, 0.3) is 0 Å². The molecule has 0 aliphatic carbocycles. The predicted octanol–water partition coefficient (Wildman–Crippen LogP) is 2.06. The molecule has 20 heavy (non-hydrogen) atoms. The third-order valence-electron chi connectivity index (χ3n) is 3.18. The van der Waals surface area contributed by atoms with Crippen molar-refractivity contribution in [3.05, 3.63) is 52.8 Å². The molecular formula is C14H16BrN3O2. The lowest BCUT2D eigenvalue weighted by Crippen LogP contribution is -2.46. The molecule has 1 unspecified atom stereocenters. The summed E-state index contributed by atoms with van der Waals surface area (Å²) in [4.78, 5) is 12.1. The third-order valence-corrected chi connectivity index (χ3v) is 3.59. The van der Waals surface area contributed by atoms with E-state index in [9.17, 15) is 4.79 Å². The van der Waals surface area contributed by atoms with Crippen LogP contribution in [0.3, 0.4) is 0 Å². The van der Waals surface area contributed by atoms with E-state index < -0.39 is 11.5 Å². The number of nitrogens with zero attached hydrogens (tertiary/aromatic N) is 2. The molecule has 1 aromatic carbocycles. The summed E-state index contributed by atoms with van der Waals surface area (Å²) >= 11 is 3.33. The molecule has 1 aromatic heterocycles. The summed E-state index contributed by atoms with van der Waals surface area (Å²) < 4.78 is 7.48. The number of methoxy groups -OCH3 is 1. The summed E-state index contributed by atoms with van der Waals surface area (Å²) in [6, 6.07) is 9.24. The molecule has 0 aliphatic heterocycles. The van der Waals surface area contributed by atoms with Crippen molar-refractivity contribution >= 4 is 21.9 Å². The zero-order chi connectivity index (χ0) is 14.6. The van der Waals surface area contributed by atoms with Crippen LogP contribution in [0.2, 0.25) is 0 Å². The zero-order valence-corrected chi connectivity index (χ0v) is 12.7. The van der Waals surface area contributed by atoms with E-state index in [1.54, 1.807) is 10.9 Å². The molecule has 0 spiro atoms. The fourth-order valence-corrected chi connectivity index (χ4v) is 2.36. The highest BCUT2D eigenvalue weighted by molar-refractivity contribution is 9.10. The Bertz CT molecular complexity index is 585. The molecule has 0 amide bonds. The van der Waals surface area contributed by atoms with Crippen LogP contribution < -0.4 is 5.73 Å². The van der Waals surface area contributed by atoms with Crippen LogP contribution >= 0.6 is 15.9 Å². The molecular weight excluding hydrogens is 322 g/mol. The molecule has 106 valence electrons. The number of aryl methyl sites for hydroxylation is 1. The Morgan fingerprint density at radius 1 is 1.45 bits per heavy atom. The zero-order valence-electron chi connectivity index (χ0n) is 11.1. The third kappa shape index (κ3) is 3.08. The van der Waals surface area contributed by atoms with Crippen LogP contribution in [-0.2, 0) is 21.6 Å². The normalized spacial score (nSPS) is 13.8. The summed E-state index contributed by atoms with van der Waals surface area (Å²) in [6.07, 6.45) is 3.93. The molecule has 0 fully saturated rings. The van der Waals surface area contributed by atoms with Crippen molar-refractivity contribution in [1.29, 1.82) is 0 Å². The minimum atomic E-state index is -1.17. The van der Waals surface area contributed by atoms with Crippen molar-refractivity contribution in [1.82, 2.24) is 9.78 Å². The van der Waals surface area contributed by atoms with Gasteiger partial charge in [-0.15, -0.1) is 0 Å². The molecule has 6 heteroatoms. The molecule has 1 heterocycles. The Kier molecular flexibility index (Phi) is 4.57. The monoisotopic (exact) mass is 337 g/mol. The number of nitrogens with two attached hydrogens (primary N) is 1. The first-order chi connectivity index (χ1) is 9.56. The van der Waals surface area contributed by atoms with Crippen molar-refractivity contribution in [2.45, 2.75) is 18.5 Å². The SMILES string of the molecule is COC(=O)C(N)(CCn1cc(Br)cn1)c1ccccc1. The van der Waals surface area contributed by atoms with Crippen molar-refractivity contribution < 1.29 is 9.53 Å². The summed E-state index contributed by atoms with van der Waals surface area (Å²) in [5.74, 6) is -0.449. The Morgan fingerprint density at radius 3 is 2.70 bits per heavy atom. The van der Waals surface area contributed by atoms with Gasteiger partial charge in [0.25, 0.3) is 0 Å². The van der Waals surface area contributed by atoms with E-state index in [1.807, 2.05) is 36.5 Å². The number of hydrogen-bond acceptors (Lipinski definition) is 4. The highest BCUT2D eigenvalue weighted by atomic mass is 79.9. The Hall–Kier alpha value is -1.66. The fourth-order valence-electron chi connectivity index (χ4n) is 2.03. The molecule has 2 aromatic rings. The van der Waals surface area contributed by atoms with Crippen molar-refractivity contribution in [2.75, 3.05) is 7.11 Å². The fraction of sp³-hybridized carbons (Fsp3) is 0.286. The minimum Gasteiger partial charge on any atom is -0.467 e. The van der Waals surface area contributed by atoms with Gasteiger partial charge in [0.2, 0.25) is 0 Å². The van der Waals surface area contributed by atoms with E-state index in [1.165, 1.54) is 7.11 Å². The average Bonchev–Trinajstić information content (AvgIpc) is 2.90. The van der Waals surface area contributed by atoms with Gasteiger partial charge in [-0.1, -0.05) is 30.3 Å². The second-order valence-electron chi connectivity index (χ2n) is 4.50. The Morgan fingerprint density at radius 2 is 2.15 bits per heavy atom. The van der Waals surface area contributed by atoms with Crippen LogP contribution in [0.4, 0.5) is 0 Å². The molecule has 0 radical (unpaired) electrons. The first-order valence-electron chi connectivity index (χ1n) is 6.17. The number of aromatic nitrogens is 2. The van der Waals surface area contributed by atoms with E-state index in [0.29, 0.717) is 13.0 Å². The number of esters is 1. The number of carbonyl (C=O) groups is 1. The van der Waals surface area contributed by atoms with Crippen LogP contribution in [0.15, 0.2) is 47.2 Å². The standard InChI is InChI=1S/C14H16BrN3O2/c1-20-13(19)14(16,11-5-3-2-4-6-11)7-8-18-10-12(15)9-17-18/h2-6,9-10H,7-8,16H2,1H3. The Balaban J connectivity index is 2.22. The quantitative estimate of drug-likeness (QED) is 0.848. The molecule has 5 nitrogen and oxygen atoms in total. The molecule has 0 aliphatic rings. The van der Waals surface area contributed by atoms with E-state index in [-0.39, 0.29) is 0 Å². The molecule has 0 saturated carbocycles. The summed E-state index contributed by atoms with van der Waals surface area (Å²) in [5, 5.41) is 4.16. The van der Waals surface area contributed by atoms with Gasteiger partial charge in [-0.05, 0) is 27.9 Å². The minimum absolute atomic E-state index is 0.401. The average molecular weight is 338 g/mol. The van der Waals surface area contributed by atoms with E-state index in [0.717, 1.165) is 10.0 Å². The van der Waals surface area contributed by atoms with Crippen molar-refractivity contribution in [3.8, 4) is 0 Å². The Labute approximate surface area is 125 Å². The number of benzene rings is 1. The van der Waals surface area contributed by atoms with E-state index in [4.69, 9.17) is 10.5 Å². The van der Waals surface area contributed by atoms with Gasteiger partial charge < -0.3 is 10.5 Å². The topological polar surface area (TPSA) is 70.1 Å². The van der Waals surface area contributed by atoms with Gasteiger partial charge in [-0.3, -0.25) is 4.68 Å². The summed E-state index contributed by atoms with van der Waals surface area (Å²) in [5.41, 5.74) is 5.86. The number of rotatable bonds is 5. The van der Waals surface area contributed by atoms with Crippen LogP contribution in [0.1, 0.15) is 12.0 Å². The number of carbonyl (C=O) groups excluding carboxylic acids is 1. The highest BCUT2D eigenvalue weighted by Gasteiger charge is 2.36. The predicted molar refractivity (Wildman–Crippen MR) is 78.9 cm³/mol. The van der Waals surface area contributed by atoms with Crippen LogP contribution in [0, 0.1) is 0 Å². The molecule has 2 N–H and O–H groups in total. The van der Waals surface area contributed by atoms with Gasteiger partial charge in [0.15, 0.2) is 0 Å². The first-order valence-corrected chi connectivity index (χ1v) is 6.96. The number of ether oxygens (including phenoxy) is 1. The molecule has 0 saturated heterocycles. The van der Waals surface area contributed by atoms with Gasteiger partial charge in [-0.25, -0.2) is 4.79 Å². The maximum Gasteiger partial charge on any atom is 0.330 e. The highest BCUT2D eigenvalue weighted by Crippen LogP contribution is 2.24. The van der Waals surface area contributed by atoms with Gasteiger partial charge >= 0.3 is 5.97 Å². The lowest BCUT2D eigenvalue weighted by molar-refractivity contribution is -0.148. The van der Waals surface area contributed by atoms with Crippen LogP contribution in [0.5, 0.6) is 0 Å². The largest absolute Gasteiger partial charge is 0.467 e. The van der Waals surface area contributed by atoms with Crippen LogP contribution in [-0.4, -0.2) is 22.9 Å². The second-order valence-corrected chi connectivity index (χ2v) is 5.42. The second kappa shape index (κ2) is 6.19. The summed E-state index contributed by atoms with van der Waals surface area (Å²) in [7, 11) is 1.34. The van der Waals surface area contributed by atoms with Gasteiger partial charge in [0, 0.05) is 12.7 Å². The molecule has 0 bridgehead atoms. The van der Waals surface area contributed by atoms with Crippen molar-refractivity contribution in [2.24, 2.45) is 5.73 Å². The molecule has 1 atom stereocenters. The van der Waals surface area contributed by atoms with E-state index >= 15 is 0 Å². The first kappa shape index (κ1) is 14.7. The maximum absolute atomic E-state index is 12.1. The lowest BCUT2D eigenvalue weighted by atomic mass is 9.87. The van der Waals surface area contributed by atoms with Gasteiger partial charge in [0.05, 0.1) is 17.8 Å². The summed E-state index contributed by atoms with van der Waals surface area (Å²) in [6.45, 7) is 0.520. The van der Waals surface area contributed by atoms with Crippen molar-refractivity contribution in [3.63, 3.8) is 0 Å². The lowest BCUT2D eigenvalue weighted by Gasteiger charge is -2.27. The van der Waals surface area contributed by atoms with E-state index in [2.05, 4.69) is 21.0 Å².